The highest BCUT2D eigenvalue weighted by Gasteiger charge is 2.26. The SMILES string of the molecule is CCOc1ccc(NC(=O)c2ccnc(N3CCC(C(=O)Nc4ccc(F)c(Cl)c4)CC3)c2)cc1. The zero-order valence-electron chi connectivity index (χ0n) is 19.3. The second kappa shape index (κ2) is 11.2. The van der Waals surface area contributed by atoms with E-state index >= 15 is 0 Å². The monoisotopic (exact) mass is 496 g/mol. The lowest BCUT2D eigenvalue weighted by atomic mass is 9.95. The lowest BCUT2D eigenvalue weighted by Crippen LogP contribution is -2.38. The van der Waals surface area contributed by atoms with Gasteiger partial charge in [0.15, 0.2) is 0 Å². The lowest BCUT2D eigenvalue weighted by molar-refractivity contribution is -0.120. The Morgan fingerprint density at radius 2 is 1.77 bits per heavy atom. The third-order valence-electron chi connectivity index (χ3n) is 5.81. The summed E-state index contributed by atoms with van der Waals surface area (Å²) in [7, 11) is 0. The first-order valence-electron chi connectivity index (χ1n) is 11.4. The molecule has 9 heteroatoms. The normalized spacial score (nSPS) is 13.9. The molecule has 0 unspecified atom stereocenters. The Morgan fingerprint density at radius 3 is 2.46 bits per heavy atom. The molecule has 3 aromatic rings. The minimum Gasteiger partial charge on any atom is -0.494 e. The zero-order chi connectivity index (χ0) is 24.8. The van der Waals surface area contributed by atoms with Crippen molar-refractivity contribution in [3.05, 3.63) is 77.2 Å². The van der Waals surface area contributed by atoms with E-state index < -0.39 is 5.82 Å². The summed E-state index contributed by atoms with van der Waals surface area (Å²) in [5.41, 5.74) is 1.64. The maximum absolute atomic E-state index is 13.3. The predicted molar refractivity (Wildman–Crippen MR) is 135 cm³/mol. The Morgan fingerprint density at radius 1 is 1.06 bits per heavy atom. The van der Waals surface area contributed by atoms with E-state index in [2.05, 4.69) is 20.5 Å². The van der Waals surface area contributed by atoms with Crippen LogP contribution in [0, 0.1) is 11.7 Å². The summed E-state index contributed by atoms with van der Waals surface area (Å²) in [6.07, 6.45) is 2.87. The van der Waals surface area contributed by atoms with Crippen LogP contribution in [0.5, 0.6) is 5.75 Å². The maximum Gasteiger partial charge on any atom is 0.255 e. The average molecular weight is 497 g/mol. The van der Waals surface area contributed by atoms with Gasteiger partial charge in [-0.1, -0.05) is 11.6 Å². The number of benzene rings is 2. The van der Waals surface area contributed by atoms with Gasteiger partial charge in [-0.2, -0.15) is 0 Å². The highest BCUT2D eigenvalue weighted by molar-refractivity contribution is 6.31. The molecule has 4 rings (SSSR count). The van der Waals surface area contributed by atoms with Crippen molar-refractivity contribution in [1.82, 2.24) is 4.98 Å². The standard InChI is InChI=1S/C26H26ClFN4O3/c1-2-35-21-6-3-19(4-7-21)30-26(34)18-9-12-29-24(15-18)32-13-10-17(11-14-32)25(33)31-20-5-8-23(28)22(27)16-20/h3-9,12,15-17H,2,10-11,13-14H2,1H3,(H,30,34)(H,31,33). The summed E-state index contributed by atoms with van der Waals surface area (Å²) in [6.45, 7) is 3.74. The third kappa shape index (κ3) is 6.27. The van der Waals surface area contributed by atoms with Crippen molar-refractivity contribution in [1.29, 1.82) is 0 Å². The Bertz CT molecular complexity index is 1200. The fourth-order valence-corrected chi connectivity index (χ4v) is 4.11. The molecule has 0 aliphatic carbocycles. The number of rotatable bonds is 7. The summed E-state index contributed by atoms with van der Waals surface area (Å²) in [6, 6.07) is 14.7. The molecular formula is C26H26ClFN4O3. The van der Waals surface area contributed by atoms with Gasteiger partial charge in [0.25, 0.3) is 5.91 Å². The Kier molecular flexibility index (Phi) is 7.82. The minimum atomic E-state index is -0.527. The van der Waals surface area contributed by atoms with Gasteiger partial charge in [-0.3, -0.25) is 9.59 Å². The van der Waals surface area contributed by atoms with Crippen molar-refractivity contribution in [2.24, 2.45) is 5.92 Å². The van der Waals surface area contributed by atoms with Crippen molar-refractivity contribution in [2.75, 3.05) is 35.2 Å². The molecule has 1 aliphatic rings. The van der Waals surface area contributed by atoms with E-state index in [1.807, 2.05) is 19.1 Å². The Balaban J connectivity index is 1.33. The second-order valence-electron chi connectivity index (χ2n) is 8.19. The third-order valence-corrected chi connectivity index (χ3v) is 6.10. The van der Waals surface area contributed by atoms with Crippen molar-refractivity contribution >= 4 is 40.6 Å². The number of nitrogens with one attached hydrogen (secondary N) is 2. The van der Waals surface area contributed by atoms with Crippen LogP contribution in [0.1, 0.15) is 30.1 Å². The molecule has 0 radical (unpaired) electrons. The van der Waals surface area contributed by atoms with Gasteiger partial charge in [-0.05, 0) is 74.4 Å². The summed E-state index contributed by atoms with van der Waals surface area (Å²) >= 11 is 5.79. The molecular weight excluding hydrogens is 471 g/mol. The second-order valence-corrected chi connectivity index (χ2v) is 8.60. The van der Waals surface area contributed by atoms with Crippen LogP contribution in [0.3, 0.4) is 0 Å². The van der Waals surface area contributed by atoms with E-state index in [0.29, 0.717) is 55.3 Å². The molecule has 0 bridgehead atoms. The van der Waals surface area contributed by atoms with E-state index in [-0.39, 0.29) is 22.8 Å². The van der Waals surface area contributed by atoms with Crippen LogP contribution in [0.2, 0.25) is 5.02 Å². The van der Waals surface area contributed by atoms with Crippen LogP contribution in [0.4, 0.5) is 21.6 Å². The fraction of sp³-hybridized carbons (Fsp3) is 0.269. The van der Waals surface area contributed by atoms with Gasteiger partial charge in [-0.25, -0.2) is 9.37 Å². The molecule has 0 saturated carbocycles. The maximum atomic E-state index is 13.3. The number of anilines is 3. The quantitative estimate of drug-likeness (QED) is 0.459. The topological polar surface area (TPSA) is 83.6 Å². The molecule has 2 N–H and O–H groups in total. The van der Waals surface area contributed by atoms with Gasteiger partial charge >= 0.3 is 0 Å². The average Bonchev–Trinajstić information content (AvgIpc) is 2.88. The zero-order valence-corrected chi connectivity index (χ0v) is 20.0. The van der Waals surface area contributed by atoms with Crippen LogP contribution in [0.25, 0.3) is 0 Å². The number of halogens is 2. The fourth-order valence-electron chi connectivity index (χ4n) is 3.93. The molecule has 2 aromatic carbocycles. The van der Waals surface area contributed by atoms with Gasteiger partial charge in [0.2, 0.25) is 5.91 Å². The number of aromatic nitrogens is 1. The number of carbonyl (C=O) groups is 2. The van der Waals surface area contributed by atoms with Crippen molar-refractivity contribution < 1.29 is 18.7 Å². The summed E-state index contributed by atoms with van der Waals surface area (Å²) in [5, 5.41) is 5.66. The summed E-state index contributed by atoms with van der Waals surface area (Å²) in [4.78, 5) is 31.9. The number of piperidine rings is 1. The van der Waals surface area contributed by atoms with Gasteiger partial charge < -0.3 is 20.3 Å². The molecule has 0 atom stereocenters. The highest BCUT2D eigenvalue weighted by atomic mass is 35.5. The van der Waals surface area contributed by atoms with Crippen LogP contribution in [-0.4, -0.2) is 36.5 Å². The van der Waals surface area contributed by atoms with Crippen LogP contribution < -0.4 is 20.3 Å². The predicted octanol–water partition coefficient (Wildman–Crippen LogP) is 5.38. The number of amides is 2. The number of pyridine rings is 1. The molecule has 1 fully saturated rings. The summed E-state index contributed by atoms with van der Waals surface area (Å²) in [5.74, 6) is 0.375. The molecule has 0 spiro atoms. The van der Waals surface area contributed by atoms with Crippen molar-refractivity contribution in [2.45, 2.75) is 19.8 Å². The van der Waals surface area contributed by atoms with Gasteiger partial charge in [0, 0.05) is 42.1 Å². The lowest BCUT2D eigenvalue weighted by Gasteiger charge is -2.32. The Labute approximate surface area is 208 Å². The van der Waals surface area contributed by atoms with Crippen molar-refractivity contribution in [3.63, 3.8) is 0 Å². The number of nitrogens with zero attached hydrogens (tertiary/aromatic N) is 2. The smallest absolute Gasteiger partial charge is 0.255 e. The van der Waals surface area contributed by atoms with E-state index in [1.54, 1.807) is 30.5 Å². The molecule has 1 aromatic heterocycles. The largest absolute Gasteiger partial charge is 0.494 e. The summed E-state index contributed by atoms with van der Waals surface area (Å²) < 4.78 is 18.8. The molecule has 1 saturated heterocycles. The number of hydrogen-bond donors (Lipinski definition) is 2. The van der Waals surface area contributed by atoms with E-state index in [1.165, 1.54) is 18.2 Å². The number of carbonyl (C=O) groups excluding carboxylic acids is 2. The molecule has 1 aliphatic heterocycles. The van der Waals surface area contributed by atoms with Crippen molar-refractivity contribution in [3.8, 4) is 5.75 Å². The van der Waals surface area contributed by atoms with E-state index in [9.17, 15) is 14.0 Å². The van der Waals surface area contributed by atoms with E-state index in [4.69, 9.17) is 16.3 Å². The Hall–Kier alpha value is -3.65. The molecule has 182 valence electrons. The molecule has 7 nitrogen and oxygen atoms in total. The minimum absolute atomic E-state index is 0.0323. The van der Waals surface area contributed by atoms with Gasteiger partial charge in [0.05, 0.1) is 11.6 Å². The highest BCUT2D eigenvalue weighted by Crippen LogP contribution is 2.25. The van der Waals surface area contributed by atoms with Gasteiger partial charge in [0.1, 0.15) is 17.4 Å². The van der Waals surface area contributed by atoms with Crippen LogP contribution in [-0.2, 0) is 4.79 Å². The van der Waals surface area contributed by atoms with E-state index in [0.717, 1.165) is 5.75 Å². The molecule has 2 heterocycles. The molecule has 2 amide bonds. The van der Waals surface area contributed by atoms with Crippen LogP contribution in [0.15, 0.2) is 60.8 Å². The number of ether oxygens (including phenoxy) is 1. The molecule has 35 heavy (non-hydrogen) atoms. The van der Waals surface area contributed by atoms with Gasteiger partial charge in [-0.15, -0.1) is 0 Å². The first kappa shape index (κ1) is 24.5. The first-order chi connectivity index (χ1) is 16.9. The van der Waals surface area contributed by atoms with Crippen LogP contribution >= 0.6 is 11.6 Å². The number of hydrogen-bond acceptors (Lipinski definition) is 5. The first-order valence-corrected chi connectivity index (χ1v) is 11.8.